The zero-order valence-electron chi connectivity index (χ0n) is 12.7. The second-order valence-corrected chi connectivity index (χ2v) is 5.78. The van der Waals surface area contributed by atoms with Crippen molar-refractivity contribution in [3.63, 3.8) is 0 Å². The molecular weight excluding hydrogens is 252 g/mol. The van der Waals surface area contributed by atoms with E-state index in [0.29, 0.717) is 24.3 Å². The molecule has 1 saturated carbocycles. The lowest BCUT2D eigenvalue weighted by atomic mass is 10.0. The monoisotopic (exact) mass is 278 g/mol. The van der Waals surface area contributed by atoms with E-state index in [-0.39, 0.29) is 6.10 Å². The van der Waals surface area contributed by atoms with E-state index in [1.807, 2.05) is 13.0 Å². The van der Waals surface area contributed by atoms with Gasteiger partial charge in [0.15, 0.2) is 5.82 Å². The van der Waals surface area contributed by atoms with Crippen molar-refractivity contribution in [3.05, 3.63) is 17.6 Å². The minimum absolute atomic E-state index is 0.0755. The SMILES string of the molecule is CCOC(c1nc(NN)cc(C2CCCC2)n1)C(C)C. The number of aromatic nitrogens is 2. The maximum Gasteiger partial charge on any atom is 0.160 e. The molecule has 1 heterocycles. The van der Waals surface area contributed by atoms with Crippen LogP contribution in [-0.4, -0.2) is 16.6 Å². The van der Waals surface area contributed by atoms with Crippen LogP contribution in [0.15, 0.2) is 6.07 Å². The molecule has 0 saturated heterocycles. The minimum Gasteiger partial charge on any atom is -0.370 e. The Bertz CT molecular complexity index is 430. The van der Waals surface area contributed by atoms with Crippen molar-refractivity contribution in [1.82, 2.24) is 9.97 Å². The van der Waals surface area contributed by atoms with Crippen LogP contribution in [0.25, 0.3) is 0 Å². The Morgan fingerprint density at radius 1 is 1.35 bits per heavy atom. The van der Waals surface area contributed by atoms with Gasteiger partial charge < -0.3 is 10.2 Å². The average Bonchev–Trinajstić information content (AvgIpc) is 2.98. The van der Waals surface area contributed by atoms with E-state index >= 15 is 0 Å². The summed E-state index contributed by atoms with van der Waals surface area (Å²) < 4.78 is 5.81. The molecule has 1 aliphatic carbocycles. The Kier molecular flexibility index (Phi) is 5.31. The molecule has 0 bridgehead atoms. The summed E-state index contributed by atoms with van der Waals surface area (Å²) in [6, 6.07) is 1.98. The van der Waals surface area contributed by atoms with Gasteiger partial charge in [-0.1, -0.05) is 26.7 Å². The molecule has 0 radical (unpaired) electrons. The third-order valence-corrected chi connectivity index (χ3v) is 3.89. The van der Waals surface area contributed by atoms with E-state index < -0.39 is 0 Å². The number of anilines is 1. The summed E-state index contributed by atoms with van der Waals surface area (Å²) in [6.45, 7) is 6.91. The van der Waals surface area contributed by atoms with Gasteiger partial charge in [-0.3, -0.25) is 0 Å². The van der Waals surface area contributed by atoms with Crippen LogP contribution in [0.5, 0.6) is 0 Å². The van der Waals surface area contributed by atoms with Gasteiger partial charge in [0.1, 0.15) is 11.9 Å². The van der Waals surface area contributed by atoms with Gasteiger partial charge in [0.2, 0.25) is 0 Å². The van der Waals surface area contributed by atoms with Crippen molar-refractivity contribution < 1.29 is 4.74 Å². The first-order valence-corrected chi connectivity index (χ1v) is 7.62. The molecule has 1 atom stereocenters. The van der Waals surface area contributed by atoms with Crippen molar-refractivity contribution in [2.45, 2.75) is 58.5 Å². The summed E-state index contributed by atoms with van der Waals surface area (Å²) >= 11 is 0. The highest BCUT2D eigenvalue weighted by Crippen LogP contribution is 2.35. The van der Waals surface area contributed by atoms with E-state index in [0.717, 1.165) is 11.5 Å². The van der Waals surface area contributed by atoms with Crippen LogP contribution < -0.4 is 11.3 Å². The first-order chi connectivity index (χ1) is 9.65. The van der Waals surface area contributed by atoms with E-state index in [1.165, 1.54) is 25.7 Å². The lowest BCUT2D eigenvalue weighted by Gasteiger charge is -2.21. The van der Waals surface area contributed by atoms with Crippen molar-refractivity contribution in [2.24, 2.45) is 11.8 Å². The summed E-state index contributed by atoms with van der Waals surface area (Å²) in [7, 11) is 0. The largest absolute Gasteiger partial charge is 0.370 e. The van der Waals surface area contributed by atoms with Crippen LogP contribution in [0.3, 0.4) is 0 Å². The number of nitrogens with zero attached hydrogens (tertiary/aromatic N) is 2. The minimum atomic E-state index is -0.0755. The van der Waals surface area contributed by atoms with Crippen molar-refractivity contribution >= 4 is 5.82 Å². The lowest BCUT2D eigenvalue weighted by Crippen LogP contribution is -2.18. The standard InChI is InChI=1S/C15H26N4O/c1-4-20-14(10(2)3)15-17-12(9-13(18-15)19-16)11-7-5-6-8-11/h9-11,14H,4-8,16H2,1-3H3,(H,17,18,19). The molecule has 1 aromatic heterocycles. The molecule has 5 nitrogen and oxygen atoms in total. The Hall–Kier alpha value is -1.20. The van der Waals surface area contributed by atoms with Gasteiger partial charge in [-0.05, 0) is 25.7 Å². The molecule has 0 amide bonds. The van der Waals surface area contributed by atoms with Gasteiger partial charge in [-0.2, -0.15) is 0 Å². The number of rotatable bonds is 6. The number of hydrogen-bond acceptors (Lipinski definition) is 5. The summed E-state index contributed by atoms with van der Waals surface area (Å²) in [4.78, 5) is 9.26. The number of hydrogen-bond donors (Lipinski definition) is 2. The Balaban J connectivity index is 2.33. The van der Waals surface area contributed by atoms with Gasteiger partial charge in [0, 0.05) is 24.3 Å². The van der Waals surface area contributed by atoms with E-state index in [1.54, 1.807) is 0 Å². The van der Waals surface area contributed by atoms with Crippen LogP contribution in [0, 0.1) is 5.92 Å². The lowest BCUT2D eigenvalue weighted by molar-refractivity contribution is 0.0231. The molecule has 5 heteroatoms. The Labute approximate surface area is 121 Å². The maximum absolute atomic E-state index is 5.81. The second kappa shape index (κ2) is 6.99. The highest BCUT2D eigenvalue weighted by atomic mass is 16.5. The molecule has 1 unspecified atom stereocenters. The quantitative estimate of drug-likeness (QED) is 0.617. The van der Waals surface area contributed by atoms with E-state index in [2.05, 4.69) is 24.3 Å². The van der Waals surface area contributed by atoms with Crippen molar-refractivity contribution in [1.29, 1.82) is 0 Å². The first-order valence-electron chi connectivity index (χ1n) is 7.62. The molecule has 2 rings (SSSR count). The zero-order chi connectivity index (χ0) is 14.5. The van der Waals surface area contributed by atoms with Crippen molar-refractivity contribution in [2.75, 3.05) is 12.0 Å². The van der Waals surface area contributed by atoms with Gasteiger partial charge in [0.25, 0.3) is 0 Å². The topological polar surface area (TPSA) is 73.1 Å². The zero-order valence-corrected chi connectivity index (χ0v) is 12.7. The molecule has 3 N–H and O–H groups in total. The van der Waals surface area contributed by atoms with Crippen LogP contribution in [0.2, 0.25) is 0 Å². The third-order valence-electron chi connectivity index (χ3n) is 3.89. The van der Waals surface area contributed by atoms with Gasteiger partial charge in [-0.25, -0.2) is 15.8 Å². The van der Waals surface area contributed by atoms with Gasteiger partial charge in [-0.15, -0.1) is 0 Å². The van der Waals surface area contributed by atoms with Gasteiger partial charge in [0.05, 0.1) is 0 Å². The second-order valence-electron chi connectivity index (χ2n) is 5.78. The number of nitrogens with one attached hydrogen (secondary N) is 1. The molecule has 1 aliphatic rings. The highest BCUT2D eigenvalue weighted by Gasteiger charge is 2.24. The number of nitrogen functional groups attached to an aromatic ring is 1. The van der Waals surface area contributed by atoms with Crippen LogP contribution in [0.4, 0.5) is 5.82 Å². The average molecular weight is 278 g/mol. The Morgan fingerprint density at radius 3 is 2.60 bits per heavy atom. The summed E-state index contributed by atoms with van der Waals surface area (Å²) in [5.41, 5.74) is 3.76. The molecule has 0 spiro atoms. The third kappa shape index (κ3) is 3.46. The summed E-state index contributed by atoms with van der Waals surface area (Å²) in [5, 5.41) is 0. The van der Waals surface area contributed by atoms with Crippen LogP contribution in [-0.2, 0) is 4.74 Å². The normalized spacial score (nSPS) is 17.6. The number of nitrogens with two attached hydrogens (primary N) is 1. The predicted molar refractivity (Wildman–Crippen MR) is 80.3 cm³/mol. The Morgan fingerprint density at radius 2 is 2.05 bits per heavy atom. The van der Waals surface area contributed by atoms with Gasteiger partial charge >= 0.3 is 0 Å². The van der Waals surface area contributed by atoms with Crippen LogP contribution in [0.1, 0.15) is 70.0 Å². The molecule has 0 aromatic carbocycles. The van der Waals surface area contributed by atoms with E-state index in [9.17, 15) is 0 Å². The van der Waals surface area contributed by atoms with Crippen LogP contribution >= 0.6 is 0 Å². The summed E-state index contributed by atoms with van der Waals surface area (Å²) in [5.74, 6) is 7.86. The first kappa shape index (κ1) is 15.2. The molecule has 1 aromatic rings. The highest BCUT2D eigenvalue weighted by molar-refractivity contribution is 5.36. The molecule has 20 heavy (non-hydrogen) atoms. The fraction of sp³-hybridized carbons (Fsp3) is 0.733. The smallest absolute Gasteiger partial charge is 0.160 e. The maximum atomic E-state index is 5.81. The number of ether oxygens (including phenoxy) is 1. The fourth-order valence-corrected chi connectivity index (χ4v) is 2.86. The molecule has 112 valence electrons. The summed E-state index contributed by atoms with van der Waals surface area (Å²) in [6.07, 6.45) is 4.92. The molecule has 0 aliphatic heterocycles. The molecule has 1 fully saturated rings. The number of hydrazine groups is 1. The van der Waals surface area contributed by atoms with Crippen molar-refractivity contribution in [3.8, 4) is 0 Å². The molecular formula is C15H26N4O. The predicted octanol–water partition coefficient (Wildman–Crippen LogP) is 3.15. The van der Waals surface area contributed by atoms with E-state index in [4.69, 9.17) is 15.6 Å². The fourth-order valence-electron chi connectivity index (χ4n) is 2.86.